The van der Waals surface area contributed by atoms with Crippen molar-refractivity contribution in [2.75, 3.05) is 0 Å². The van der Waals surface area contributed by atoms with Crippen molar-refractivity contribution in [1.29, 1.82) is 0 Å². The number of rotatable bonds is 3. The summed E-state index contributed by atoms with van der Waals surface area (Å²) in [5.41, 5.74) is -1.17. The molecule has 1 aromatic carbocycles. The van der Waals surface area contributed by atoms with Crippen LogP contribution in [-0.4, -0.2) is 30.9 Å². The summed E-state index contributed by atoms with van der Waals surface area (Å²) in [5, 5.41) is 17.4. The first-order valence-electron chi connectivity index (χ1n) is 3.65. The molecule has 0 bridgehead atoms. The van der Waals surface area contributed by atoms with Crippen LogP contribution in [0.2, 0.25) is 0 Å². The molecule has 0 heterocycles. The minimum absolute atomic E-state index is 0.428. The lowest BCUT2D eigenvalue weighted by Crippen LogP contribution is -2.11. The molecule has 0 aliphatic heterocycles. The molecule has 0 fully saturated rings. The van der Waals surface area contributed by atoms with Crippen molar-refractivity contribution in [3.63, 3.8) is 0 Å². The van der Waals surface area contributed by atoms with E-state index in [0.717, 1.165) is 12.1 Å². The van der Waals surface area contributed by atoms with E-state index in [1.807, 2.05) is 0 Å². The Morgan fingerprint density at radius 1 is 1.13 bits per heavy atom. The zero-order valence-corrected chi connectivity index (χ0v) is 8.02. The molecule has 1 atom stereocenters. The Hall–Kier alpha value is -1.73. The number of benzene rings is 1. The first-order chi connectivity index (χ1) is 6.95. The molecule has 1 rings (SSSR count). The molecule has 15 heavy (non-hydrogen) atoms. The first-order valence-corrected chi connectivity index (χ1v) is 4.76. The second-order valence-electron chi connectivity index (χ2n) is 2.54. The molecular weight excluding hydrogens is 224 g/mol. The molecule has 3 N–H and O–H groups in total. The van der Waals surface area contributed by atoms with Crippen LogP contribution in [0.5, 0.6) is 0 Å². The third-order valence-corrected chi connectivity index (χ3v) is 2.38. The zero-order valence-electron chi connectivity index (χ0n) is 7.21. The lowest BCUT2D eigenvalue weighted by molar-refractivity contribution is 0.0648. The zero-order chi connectivity index (χ0) is 11.6. The molecule has 1 aromatic rings. The predicted octanol–water partition coefficient (Wildman–Crippen LogP) is 0.664. The molecule has 0 saturated carbocycles. The van der Waals surface area contributed by atoms with E-state index in [4.69, 9.17) is 14.8 Å². The Balaban J connectivity index is 3.56. The highest BCUT2D eigenvalue weighted by Crippen LogP contribution is 2.17. The summed E-state index contributed by atoms with van der Waals surface area (Å²) in [6.45, 7) is 0. The molecule has 1 unspecified atom stereocenters. The van der Waals surface area contributed by atoms with Gasteiger partial charge in [0.1, 0.15) is 0 Å². The molecular formula is C8H6O6S. The minimum atomic E-state index is -2.53. The van der Waals surface area contributed by atoms with Crippen molar-refractivity contribution in [3.8, 4) is 0 Å². The van der Waals surface area contributed by atoms with Crippen LogP contribution < -0.4 is 0 Å². The first kappa shape index (κ1) is 11.3. The van der Waals surface area contributed by atoms with Gasteiger partial charge in [-0.25, -0.2) is 13.8 Å². The summed E-state index contributed by atoms with van der Waals surface area (Å²) in [6.07, 6.45) is 0. The fourth-order valence-electron chi connectivity index (χ4n) is 1.08. The maximum Gasteiger partial charge on any atom is 0.337 e. The van der Waals surface area contributed by atoms with Gasteiger partial charge in [-0.1, -0.05) is 6.07 Å². The molecule has 0 aliphatic rings. The van der Waals surface area contributed by atoms with E-state index >= 15 is 0 Å². The third-order valence-electron chi connectivity index (χ3n) is 1.66. The van der Waals surface area contributed by atoms with Crippen LogP contribution >= 0.6 is 0 Å². The Bertz CT molecular complexity index is 420. The van der Waals surface area contributed by atoms with Gasteiger partial charge in [0.05, 0.1) is 16.0 Å². The normalized spacial score (nSPS) is 12.1. The van der Waals surface area contributed by atoms with Gasteiger partial charge < -0.3 is 14.8 Å². The average molecular weight is 230 g/mol. The maximum atomic E-state index is 10.8. The number of carboxylic acids is 2. The molecule has 0 spiro atoms. The summed E-state index contributed by atoms with van der Waals surface area (Å²) in [7, 11) is 0. The average Bonchev–Trinajstić information content (AvgIpc) is 2.16. The van der Waals surface area contributed by atoms with E-state index in [2.05, 4.69) is 0 Å². The van der Waals surface area contributed by atoms with Crippen molar-refractivity contribution in [2.45, 2.75) is 4.90 Å². The fourth-order valence-corrected chi connectivity index (χ4v) is 1.64. The number of hydrogen-bond acceptors (Lipinski definition) is 3. The van der Waals surface area contributed by atoms with Crippen LogP contribution in [0.25, 0.3) is 0 Å². The van der Waals surface area contributed by atoms with Crippen molar-refractivity contribution in [2.24, 2.45) is 0 Å². The predicted molar refractivity (Wildman–Crippen MR) is 49.4 cm³/mol. The molecule has 0 amide bonds. The van der Waals surface area contributed by atoms with E-state index < -0.39 is 39.0 Å². The molecule has 6 nitrogen and oxygen atoms in total. The quantitative estimate of drug-likeness (QED) is 0.657. The van der Waals surface area contributed by atoms with Crippen molar-refractivity contribution >= 4 is 23.0 Å². The van der Waals surface area contributed by atoms with Crippen molar-refractivity contribution in [1.82, 2.24) is 0 Å². The van der Waals surface area contributed by atoms with E-state index in [1.165, 1.54) is 6.07 Å². The topological polar surface area (TPSA) is 112 Å². The van der Waals surface area contributed by atoms with Gasteiger partial charge in [-0.15, -0.1) is 0 Å². The van der Waals surface area contributed by atoms with Crippen molar-refractivity contribution < 1.29 is 28.6 Å². The summed E-state index contributed by atoms with van der Waals surface area (Å²) < 4.78 is 19.5. The van der Waals surface area contributed by atoms with Gasteiger partial charge in [-0.3, -0.25) is 0 Å². The lowest BCUT2D eigenvalue weighted by atomic mass is 10.1. The molecule has 0 aromatic heterocycles. The Kier molecular flexibility index (Phi) is 3.17. The van der Waals surface area contributed by atoms with Gasteiger partial charge in [0.15, 0.2) is 11.1 Å². The molecule has 0 radical (unpaired) electrons. The highest BCUT2D eigenvalue weighted by Gasteiger charge is 2.22. The lowest BCUT2D eigenvalue weighted by Gasteiger charge is -2.04. The van der Waals surface area contributed by atoms with Crippen LogP contribution in [0, 0.1) is 0 Å². The molecule has 0 aliphatic carbocycles. The van der Waals surface area contributed by atoms with Gasteiger partial charge >= 0.3 is 11.9 Å². The van der Waals surface area contributed by atoms with E-state index in [-0.39, 0.29) is 0 Å². The standard InChI is InChI=1S/C8H6O6S/c9-7(10)4-2-1-3-5(15(13)14)6(4)8(11)12/h1-3H,(H,9,10)(H,11,12)(H,13,14). The third kappa shape index (κ3) is 2.20. The molecule has 0 saturated heterocycles. The number of aromatic carboxylic acids is 2. The minimum Gasteiger partial charge on any atom is -0.478 e. The van der Waals surface area contributed by atoms with Gasteiger partial charge in [-0.05, 0) is 12.1 Å². The second-order valence-corrected chi connectivity index (χ2v) is 3.48. The van der Waals surface area contributed by atoms with E-state index in [1.54, 1.807) is 0 Å². The number of carbonyl (C=O) groups is 2. The van der Waals surface area contributed by atoms with Gasteiger partial charge in [0.25, 0.3) is 0 Å². The summed E-state index contributed by atoms with van der Waals surface area (Å²) in [4.78, 5) is 21.0. The van der Waals surface area contributed by atoms with Crippen LogP contribution in [0.3, 0.4) is 0 Å². The largest absolute Gasteiger partial charge is 0.478 e. The Morgan fingerprint density at radius 2 is 1.73 bits per heavy atom. The Morgan fingerprint density at radius 3 is 2.13 bits per heavy atom. The Labute approximate surface area is 86.5 Å². The highest BCUT2D eigenvalue weighted by atomic mass is 32.2. The van der Waals surface area contributed by atoms with Crippen LogP contribution in [0.1, 0.15) is 20.7 Å². The van der Waals surface area contributed by atoms with Crippen LogP contribution in [0.15, 0.2) is 23.1 Å². The van der Waals surface area contributed by atoms with Gasteiger partial charge in [0, 0.05) is 0 Å². The van der Waals surface area contributed by atoms with Crippen LogP contribution in [0.4, 0.5) is 0 Å². The van der Waals surface area contributed by atoms with E-state index in [9.17, 15) is 13.8 Å². The van der Waals surface area contributed by atoms with Crippen molar-refractivity contribution in [3.05, 3.63) is 29.3 Å². The number of hydrogen-bond donors (Lipinski definition) is 3. The summed E-state index contributed by atoms with van der Waals surface area (Å²) >= 11 is -2.53. The van der Waals surface area contributed by atoms with Crippen LogP contribution in [-0.2, 0) is 11.1 Å². The monoisotopic (exact) mass is 230 g/mol. The summed E-state index contributed by atoms with van der Waals surface area (Å²) in [6, 6.07) is 3.35. The molecule has 80 valence electrons. The smallest absolute Gasteiger partial charge is 0.337 e. The molecule has 7 heteroatoms. The van der Waals surface area contributed by atoms with Gasteiger partial charge in [0.2, 0.25) is 0 Å². The van der Waals surface area contributed by atoms with Gasteiger partial charge in [-0.2, -0.15) is 0 Å². The second kappa shape index (κ2) is 4.20. The summed E-state index contributed by atoms with van der Waals surface area (Å²) in [5.74, 6) is -3.01. The SMILES string of the molecule is O=C(O)c1cccc(S(=O)O)c1C(=O)O. The maximum absolute atomic E-state index is 10.8. The number of carboxylic acid groups (broad SMARTS) is 2. The van der Waals surface area contributed by atoms with E-state index in [0.29, 0.717) is 0 Å². The highest BCUT2D eigenvalue weighted by molar-refractivity contribution is 7.79. The fraction of sp³-hybridized carbons (Fsp3) is 0.